The Hall–Kier alpha value is 0.650. The molecule has 1 fully saturated rings. The van der Waals surface area contributed by atoms with E-state index in [-0.39, 0.29) is 0 Å². The lowest BCUT2D eigenvalue weighted by Crippen LogP contribution is -2.54. The Kier molecular flexibility index (Phi) is 4.26. The highest BCUT2D eigenvalue weighted by atomic mass is 127. The van der Waals surface area contributed by atoms with Gasteiger partial charge in [0.25, 0.3) is 0 Å². The first-order valence-electron chi connectivity index (χ1n) is 4.65. The van der Waals surface area contributed by atoms with Crippen molar-refractivity contribution in [2.75, 3.05) is 31.1 Å². The third kappa shape index (κ3) is 2.57. The van der Waals surface area contributed by atoms with Crippen LogP contribution in [0, 0.1) is 0 Å². The van der Waals surface area contributed by atoms with Gasteiger partial charge in [0.2, 0.25) is 0 Å². The summed E-state index contributed by atoms with van der Waals surface area (Å²) in [5, 5.41) is 0. The number of halogens is 1. The lowest BCUT2D eigenvalue weighted by atomic mass is 10.1. The molecule has 0 aromatic heterocycles. The summed E-state index contributed by atoms with van der Waals surface area (Å²) in [7, 11) is 2.22. The highest BCUT2D eigenvalue weighted by Crippen LogP contribution is 2.13. The van der Waals surface area contributed by atoms with E-state index >= 15 is 0 Å². The third-order valence-electron chi connectivity index (χ3n) is 2.57. The summed E-state index contributed by atoms with van der Waals surface area (Å²) < 4.78 is 1.25. The summed E-state index contributed by atoms with van der Waals surface area (Å²) in [6.45, 7) is 8.30. The highest BCUT2D eigenvalue weighted by Gasteiger charge is 2.25. The van der Waals surface area contributed by atoms with Gasteiger partial charge in [-0.3, -0.25) is 4.90 Å². The SMILES string of the molecule is CC(C)N1CCN(C)C[C@H]1CI. The molecule has 1 aliphatic heterocycles. The minimum absolute atomic E-state index is 0.707. The van der Waals surface area contributed by atoms with E-state index in [1.54, 1.807) is 0 Å². The Morgan fingerprint density at radius 1 is 1.42 bits per heavy atom. The van der Waals surface area contributed by atoms with Crippen molar-refractivity contribution in [2.24, 2.45) is 0 Å². The van der Waals surface area contributed by atoms with Crippen LogP contribution in [0.4, 0.5) is 0 Å². The fraction of sp³-hybridized carbons (Fsp3) is 1.00. The van der Waals surface area contributed by atoms with Crippen LogP contribution in [-0.2, 0) is 0 Å². The highest BCUT2D eigenvalue weighted by molar-refractivity contribution is 14.1. The van der Waals surface area contributed by atoms with E-state index in [1.165, 1.54) is 24.1 Å². The van der Waals surface area contributed by atoms with Gasteiger partial charge in [0, 0.05) is 36.1 Å². The zero-order valence-corrected chi connectivity index (χ0v) is 10.4. The molecular formula is C9H19IN2. The summed E-state index contributed by atoms with van der Waals surface area (Å²) in [4.78, 5) is 5.05. The van der Waals surface area contributed by atoms with Crippen molar-refractivity contribution in [1.29, 1.82) is 0 Å². The van der Waals surface area contributed by atoms with Crippen molar-refractivity contribution >= 4 is 22.6 Å². The maximum atomic E-state index is 2.62. The van der Waals surface area contributed by atoms with Crippen LogP contribution in [0.2, 0.25) is 0 Å². The van der Waals surface area contributed by atoms with Crippen molar-refractivity contribution in [2.45, 2.75) is 25.9 Å². The molecule has 0 spiro atoms. The van der Waals surface area contributed by atoms with Crippen molar-refractivity contribution in [3.63, 3.8) is 0 Å². The molecule has 0 N–H and O–H groups in total. The Morgan fingerprint density at radius 3 is 2.58 bits per heavy atom. The van der Waals surface area contributed by atoms with E-state index in [0.29, 0.717) is 6.04 Å². The summed E-state index contributed by atoms with van der Waals surface area (Å²) in [5.41, 5.74) is 0. The summed E-state index contributed by atoms with van der Waals surface area (Å²) in [6.07, 6.45) is 0. The molecular weight excluding hydrogens is 263 g/mol. The summed E-state index contributed by atoms with van der Waals surface area (Å²) >= 11 is 2.50. The minimum Gasteiger partial charge on any atom is -0.304 e. The minimum atomic E-state index is 0.707. The number of likely N-dealkylation sites (N-methyl/N-ethyl adjacent to an activating group) is 1. The largest absolute Gasteiger partial charge is 0.304 e. The molecule has 1 heterocycles. The fourth-order valence-corrected chi connectivity index (χ4v) is 2.63. The summed E-state index contributed by atoms with van der Waals surface area (Å²) in [5.74, 6) is 0. The standard InChI is InChI=1S/C9H19IN2/c1-8(2)12-5-4-11(3)7-9(12)6-10/h8-9H,4-7H2,1-3H3/t9-/m1/s1. The molecule has 1 saturated heterocycles. The Morgan fingerprint density at radius 2 is 2.08 bits per heavy atom. The predicted octanol–water partition coefficient (Wildman–Crippen LogP) is 1.45. The van der Waals surface area contributed by atoms with Crippen LogP contribution in [0.1, 0.15) is 13.8 Å². The lowest BCUT2D eigenvalue weighted by molar-refractivity contribution is 0.0780. The second-order valence-electron chi connectivity index (χ2n) is 3.90. The zero-order chi connectivity index (χ0) is 9.14. The molecule has 0 unspecified atom stereocenters. The van der Waals surface area contributed by atoms with Gasteiger partial charge in [-0.25, -0.2) is 0 Å². The predicted molar refractivity (Wildman–Crippen MR) is 62.0 cm³/mol. The van der Waals surface area contributed by atoms with Crippen LogP contribution in [0.15, 0.2) is 0 Å². The van der Waals surface area contributed by atoms with Crippen LogP contribution >= 0.6 is 22.6 Å². The molecule has 0 aromatic rings. The van der Waals surface area contributed by atoms with Crippen LogP contribution in [0.5, 0.6) is 0 Å². The molecule has 2 nitrogen and oxygen atoms in total. The van der Waals surface area contributed by atoms with Crippen molar-refractivity contribution in [3.05, 3.63) is 0 Å². The molecule has 0 bridgehead atoms. The van der Waals surface area contributed by atoms with Crippen LogP contribution in [-0.4, -0.2) is 53.0 Å². The lowest BCUT2D eigenvalue weighted by Gasteiger charge is -2.41. The molecule has 1 atom stereocenters. The molecule has 72 valence electrons. The van der Waals surface area contributed by atoms with Gasteiger partial charge in [0.1, 0.15) is 0 Å². The van der Waals surface area contributed by atoms with Crippen LogP contribution in [0.3, 0.4) is 0 Å². The van der Waals surface area contributed by atoms with Gasteiger partial charge in [-0.1, -0.05) is 22.6 Å². The number of rotatable bonds is 2. The summed E-state index contributed by atoms with van der Waals surface area (Å²) in [6, 6.07) is 1.47. The van der Waals surface area contributed by atoms with E-state index < -0.39 is 0 Å². The number of hydrogen-bond donors (Lipinski definition) is 0. The fourth-order valence-electron chi connectivity index (χ4n) is 1.84. The van der Waals surface area contributed by atoms with E-state index in [2.05, 4.69) is 53.3 Å². The van der Waals surface area contributed by atoms with E-state index in [0.717, 1.165) is 6.04 Å². The first-order chi connectivity index (χ1) is 5.65. The Bertz CT molecular complexity index is 138. The van der Waals surface area contributed by atoms with Gasteiger partial charge in [-0.05, 0) is 20.9 Å². The third-order valence-corrected chi connectivity index (χ3v) is 3.59. The molecule has 0 aliphatic carbocycles. The van der Waals surface area contributed by atoms with Crippen molar-refractivity contribution in [3.8, 4) is 0 Å². The molecule has 0 saturated carbocycles. The van der Waals surface area contributed by atoms with Crippen LogP contribution < -0.4 is 0 Å². The van der Waals surface area contributed by atoms with Gasteiger partial charge in [0.15, 0.2) is 0 Å². The smallest absolute Gasteiger partial charge is 0.0315 e. The second-order valence-corrected chi connectivity index (χ2v) is 4.78. The van der Waals surface area contributed by atoms with Gasteiger partial charge >= 0.3 is 0 Å². The molecule has 0 aromatic carbocycles. The number of nitrogens with zero attached hydrogens (tertiary/aromatic N) is 2. The quantitative estimate of drug-likeness (QED) is 0.558. The van der Waals surface area contributed by atoms with Gasteiger partial charge < -0.3 is 4.90 Å². The molecule has 3 heteroatoms. The van der Waals surface area contributed by atoms with Crippen molar-refractivity contribution < 1.29 is 0 Å². The average Bonchev–Trinajstić information content (AvgIpc) is 2.03. The number of alkyl halides is 1. The van der Waals surface area contributed by atoms with Crippen LogP contribution in [0.25, 0.3) is 0 Å². The van der Waals surface area contributed by atoms with Gasteiger partial charge in [-0.2, -0.15) is 0 Å². The molecule has 1 aliphatic rings. The molecule has 0 radical (unpaired) electrons. The van der Waals surface area contributed by atoms with E-state index in [9.17, 15) is 0 Å². The topological polar surface area (TPSA) is 6.48 Å². The molecule has 1 rings (SSSR count). The van der Waals surface area contributed by atoms with Gasteiger partial charge in [-0.15, -0.1) is 0 Å². The first-order valence-corrected chi connectivity index (χ1v) is 6.18. The Labute approximate surface area is 89.4 Å². The monoisotopic (exact) mass is 282 g/mol. The maximum Gasteiger partial charge on any atom is 0.0315 e. The molecule has 12 heavy (non-hydrogen) atoms. The number of piperazine rings is 1. The normalized spacial score (nSPS) is 28.2. The average molecular weight is 282 g/mol. The first kappa shape index (κ1) is 10.7. The number of hydrogen-bond acceptors (Lipinski definition) is 2. The van der Waals surface area contributed by atoms with Gasteiger partial charge in [0.05, 0.1) is 0 Å². The maximum absolute atomic E-state index is 2.62. The Balaban J connectivity index is 2.50. The second kappa shape index (κ2) is 4.77. The molecule has 0 amide bonds. The van der Waals surface area contributed by atoms with E-state index in [4.69, 9.17) is 0 Å². The van der Waals surface area contributed by atoms with E-state index in [1.807, 2.05) is 0 Å². The van der Waals surface area contributed by atoms with Crippen molar-refractivity contribution in [1.82, 2.24) is 9.80 Å². The zero-order valence-electron chi connectivity index (χ0n) is 8.26.